The van der Waals surface area contributed by atoms with Gasteiger partial charge >= 0.3 is 0 Å². The SMILES string of the molecule is CC1CC=Cc2c1ccc1ccc(-c3c4ccccc4c(-c4ccccc4)c4ccccc34)cc21. The molecule has 0 spiro atoms. The van der Waals surface area contributed by atoms with Crippen molar-refractivity contribution in [1.29, 1.82) is 0 Å². The van der Waals surface area contributed by atoms with Crippen LogP contribution < -0.4 is 0 Å². The van der Waals surface area contributed by atoms with Gasteiger partial charge in [-0.1, -0.05) is 122 Å². The van der Waals surface area contributed by atoms with Crippen molar-refractivity contribution >= 4 is 38.4 Å². The minimum atomic E-state index is 0.565. The third-order valence-corrected chi connectivity index (χ3v) is 7.68. The van der Waals surface area contributed by atoms with Crippen LogP contribution in [0.5, 0.6) is 0 Å². The summed E-state index contributed by atoms with van der Waals surface area (Å²) in [5.41, 5.74) is 8.03. The molecule has 0 fully saturated rings. The lowest BCUT2D eigenvalue weighted by molar-refractivity contribution is 0.773. The lowest BCUT2D eigenvalue weighted by Crippen LogP contribution is -2.00. The van der Waals surface area contributed by atoms with Crippen LogP contribution in [-0.2, 0) is 0 Å². The molecule has 0 heterocycles. The van der Waals surface area contributed by atoms with E-state index < -0.39 is 0 Å². The summed E-state index contributed by atoms with van der Waals surface area (Å²) in [6.07, 6.45) is 5.78. The zero-order valence-electron chi connectivity index (χ0n) is 19.8. The van der Waals surface area contributed by atoms with Crippen molar-refractivity contribution in [3.8, 4) is 22.3 Å². The van der Waals surface area contributed by atoms with Gasteiger partial charge in [0.2, 0.25) is 0 Å². The Balaban J connectivity index is 1.60. The molecule has 1 aliphatic carbocycles. The number of hydrogen-bond donors (Lipinski definition) is 0. The number of benzene rings is 6. The number of fused-ring (bicyclic) bond motifs is 5. The molecule has 1 unspecified atom stereocenters. The molecule has 0 saturated carbocycles. The second-order valence-corrected chi connectivity index (χ2v) is 9.75. The summed E-state index contributed by atoms with van der Waals surface area (Å²) in [7, 11) is 0. The van der Waals surface area contributed by atoms with Crippen LogP contribution >= 0.6 is 0 Å². The average molecular weight is 447 g/mol. The van der Waals surface area contributed by atoms with Crippen molar-refractivity contribution in [2.75, 3.05) is 0 Å². The smallest absolute Gasteiger partial charge is 0.00261 e. The number of allylic oxidation sites excluding steroid dienone is 1. The zero-order chi connectivity index (χ0) is 23.4. The summed E-state index contributed by atoms with van der Waals surface area (Å²) in [4.78, 5) is 0. The maximum absolute atomic E-state index is 2.42. The van der Waals surface area contributed by atoms with Gasteiger partial charge in [0.15, 0.2) is 0 Å². The van der Waals surface area contributed by atoms with Crippen LogP contribution in [0.3, 0.4) is 0 Å². The van der Waals surface area contributed by atoms with E-state index in [1.807, 2.05) is 0 Å². The van der Waals surface area contributed by atoms with Crippen LogP contribution in [-0.4, -0.2) is 0 Å². The Hall–Kier alpha value is -4.16. The van der Waals surface area contributed by atoms with Gasteiger partial charge in [-0.15, -0.1) is 0 Å². The lowest BCUT2D eigenvalue weighted by Gasteiger charge is -2.21. The summed E-state index contributed by atoms with van der Waals surface area (Å²) in [5.74, 6) is 0.565. The number of rotatable bonds is 2. The molecule has 1 atom stereocenters. The molecular formula is C35H26. The van der Waals surface area contributed by atoms with Gasteiger partial charge in [-0.25, -0.2) is 0 Å². The molecule has 6 aromatic carbocycles. The van der Waals surface area contributed by atoms with E-state index in [0.717, 1.165) is 6.42 Å². The summed E-state index contributed by atoms with van der Waals surface area (Å²) in [6, 6.07) is 40.3. The van der Waals surface area contributed by atoms with Gasteiger partial charge in [-0.05, 0) is 84.1 Å². The standard InChI is InChI=1S/C35H26/c1-23-10-9-17-28-27(23)21-20-24-18-19-26(22-33(24)28)35-31-15-7-5-13-29(31)34(25-11-3-2-4-12-25)30-14-6-8-16-32(30)35/h2-9,11-23H,10H2,1H3. The fourth-order valence-electron chi connectivity index (χ4n) is 6.00. The minimum Gasteiger partial charge on any atom is -0.0833 e. The van der Waals surface area contributed by atoms with Crippen molar-refractivity contribution in [2.45, 2.75) is 19.3 Å². The van der Waals surface area contributed by atoms with Crippen molar-refractivity contribution in [3.63, 3.8) is 0 Å². The monoisotopic (exact) mass is 446 g/mol. The summed E-state index contributed by atoms with van der Waals surface area (Å²) < 4.78 is 0. The molecule has 0 amide bonds. The molecule has 7 rings (SSSR count). The van der Waals surface area contributed by atoms with Crippen molar-refractivity contribution in [1.82, 2.24) is 0 Å². The summed E-state index contributed by atoms with van der Waals surface area (Å²) in [6.45, 7) is 2.33. The molecule has 1 aliphatic rings. The first-order chi connectivity index (χ1) is 17.3. The topological polar surface area (TPSA) is 0 Å². The van der Waals surface area contributed by atoms with Crippen LogP contribution in [0.15, 0.2) is 115 Å². The fraction of sp³-hybridized carbons (Fsp3) is 0.0857. The highest BCUT2D eigenvalue weighted by atomic mass is 14.2. The molecular weight excluding hydrogens is 420 g/mol. The van der Waals surface area contributed by atoms with Crippen molar-refractivity contribution in [2.24, 2.45) is 0 Å². The van der Waals surface area contributed by atoms with Crippen LogP contribution in [0.25, 0.3) is 60.6 Å². The van der Waals surface area contributed by atoms with Crippen molar-refractivity contribution < 1.29 is 0 Å². The minimum absolute atomic E-state index is 0.565. The third-order valence-electron chi connectivity index (χ3n) is 7.68. The Morgan fingerprint density at radius 2 is 1.11 bits per heavy atom. The Morgan fingerprint density at radius 1 is 0.543 bits per heavy atom. The second-order valence-electron chi connectivity index (χ2n) is 9.75. The van der Waals surface area contributed by atoms with Crippen LogP contribution in [0.4, 0.5) is 0 Å². The zero-order valence-corrected chi connectivity index (χ0v) is 19.8. The molecule has 0 saturated heterocycles. The molecule has 0 aliphatic heterocycles. The highest BCUT2D eigenvalue weighted by Gasteiger charge is 2.18. The predicted molar refractivity (Wildman–Crippen MR) is 152 cm³/mol. The molecule has 0 nitrogen and oxygen atoms in total. The van der Waals surface area contributed by atoms with Crippen molar-refractivity contribution in [3.05, 3.63) is 126 Å². The van der Waals surface area contributed by atoms with Gasteiger partial charge < -0.3 is 0 Å². The number of hydrogen-bond acceptors (Lipinski definition) is 0. The molecule has 0 N–H and O–H groups in total. The van der Waals surface area contributed by atoms with E-state index in [-0.39, 0.29) is 0 Å². The summed E-state index contributed by atoms with van der Waals surface area (Å²) >= 11 is 0. The van der Waals surface area contributed by atoms with E-state index in [2.05, 4.69) is 128 Å². The van der Waals surface area contributed by atoms with Gasteiger partial charge in [0.25, 0.3) is 0 Å². The first-order valence-electron chi connectivity index (χ1n) is 12.5. The van der Waals surface area contributed by atoms with Gasteiger partial charge in [0, 0.05) is 0 Å². The maximum atomic E-state index is 2.42. The molecule has 166 valence electrons. The van der Waals surface area contributed by atoms with E-state index in [1.165, 1.54) is 65.7 Å². The van der Waals surface area contributed by atoms with E-state index in [1.54, 1.807) is 0 Å². The maximum Gasteiger partial charge on any atom is -0.00261 e. The molecule has 6 aromatic rings. The van der Waals surface area contributed by atoms with Gasteiger partial charge in [-0.2, -0.15) is 0 Å². The Labute approximate surface area is 206 Å². The molecule has 0 bridgehead atoms. The fourth-order valence-corrected chi connectivity index (χ4v) is 6.00. The van der Waals surface area contributed by atoms with Crippen LogP contribution in [0.2, 0.25) is 0 Å². The summed E-state index contributed by atoms with van der Waals surface area (Å²) in [5, 5.41) is 7.87. The third kappa shape index (κ3) is 3.14. The Morgan fingerprint density at radius 3 is 1.77 bits per heavy atom. The first kappa shape index (κ1) is 20.2. The average Bonchev–Trinajstić information content (AvgIpc) is 2.92. The van der Waals surface area contributed by atoms with E-state index >= 15 is 0 Å². The lowest BCUT2D eigenvalue weighted by atomic mass is 9.83. The Bertz CT molecular complexity index is 1710. The largest absolute Gasteiger partial charge is 0.0833 e. The van der Waals surface area contributed by atoms with E-state index in [9.17, 15) is 0 Å². The first-order valence-corrected chi connectivity index (χ1v) is 12.5. The highest BCUT2D eigenvalue weighted by molar-refractivity contribution is 6.21. The molecule has 35 heavy (non-hydrogen) atoms. The quantitative estimate of drug-likeness (QED) is 0.232. The highest BCUT2D eigenvalue weighted by Crippen LogP contribution is 2.44. The Kier molecular flexibility index (Phi) is 4.60. The van der Waals surface area contributed by atoms with Gasteiger partial charge in [0.1, 0.15) is 0 Å². The van der Waals surface area contributed by atoms with Crippen LogP contribution in [0.1, 0.15) is 30.4 Å². The predicted octanol–water partition coefficient (Wildman–Crippen LogP) is 10.0. The second kappa shape index (κ2) is 7.96. The van der Waals surface area contributed by atoms with Crippen LogP contribution in [0, 0.1) is 0 Å². The van der Waals surface area contributed by atoms with Gasteiger partial charge in [0.05, 0.1) is 0 Å². The normalized spacial score (nSPS) is 15.1. The molecule has 0 heteroatoms. The van der Waals surface area contributed by atoms with E-state index in [0.29, 0.717) is 5.92 Å². The van der Waals surface area contributed by atoms with E-state index in [4.69, 9.17) is 0 Å². The molecule has 0 radical (unpaired) electrons. The van der Waals surface area contributed by atoms with Gasteiger partial charge in [-0.3, -0.25) is 0 Å². The molecule has 0 aromatic heterocycles.